The Morgan fingerprint density at radius 1 is 1.47 bits per heavy atom. The highest BCUT2D eigenvalue weighted by Gasteiger charge is 2.14. The molecule has 2 aromatic rings. The van der Waals surface area contributed by atoms with Gasteiger partial charge in [0.15, 0.2) is 20.9 Å². The zero-order valence-corrected chi connectivity index (χ0v) is 10.8. The Morgan fingerprint density at radius 3 is 2.88 bits per heavy atom. The molecule has 2 aromatic heterocycles. The number of nitrogens with one attached hydrogen (secondary N) is 1. The number of hydrogen-bond acceptors (Lipinski definition) is 9. The van der Waals surface area contributed by atoms with Crippen LogP contribution in [0.4, 0.5) is 5.82 Å². The molecule has 0 spiro atoms. The maximum absolute atomic E-state index is 5.34. The summed E-state index contributed by atoms with van der Waals surface area (Å²) >= 11 is 2.67. The Labute approximate surface area is 106 Å². The number of methoxy groups -OCH3 is 1. The van der Waals surface area contributed by atoms with Crippen molar-refractivity contribution in [1.82, 2.24) is 19.3 Å². The van der Waals surface area contributed by atoms with Crippen LogP contribution in [-0.4, -0.2) is 26.4 Å². The molecule has 2 heterocycles. The predicted molar refractivity (Wildman–Crippen MR) is 65.2 cm³/mol. The Kier molecular flexibility index (Phi) is 3.71. The van der Waals surface area contributed by atoms with E-state index < -0.39 is 0 Å². The fourth-order valence-corrected chi connectivity index (χ4v) is 2.76. The lowest BCUT2D eigenvalue weighted by molar-refractivity contribution is 0.400. The van der Waals surface area contributed by atoms with Crippen LogP contribution in [0.3, 0.4) is 0 Å². The van der Waals surface area contributed by atoms with E-state index in [1.807, 2.05) is 6.92 Å². The van der Waals surface area contributed by atoms with E-state index in [4.69, 9.17) is 10.6 Å². The van der Waals surface area contributed by atoms with E-state index >= 15 is 0 Å². The van der Waals surface area contributed by atoms with Crippen LogP contribution in [0.5, 0.6) is 5.75 Å². The smallest absolute Gasteiger partial charge is 0.195 e. The second-order valence-electron chi connectivity index (χ2n) is 2.91. The Hall–Kier alpha value is -1.45. The summed E-state index contributed by atoms with van der Waals surface area (Å²) in [4.78, 5) is 12.3. The van der Waals surface area contributed by atoms with Gasteiger partial charge in [0, 0.05) is 0 Å². The second-order valence-corrected chi connectivity index (χ2v) is 4.90. The first-order valence-electron chi connectivity index (χ1n) is 4.58. The van der Waals surface area contributed by atoms with E-state index in [9.17, 15) is 0 Å². The van der Waals surface area contributed by atoms with Crippen LogP contribution >= 0.6 is 23.3 Å². The van der Waals surface area contributed by atoms with Crippen LogP contribution in [0.25, 0.3) is 0 Å². The highest BCUT2D eigenvalue weighted by atomic mass is 32.2. The van der Waals surface area contributed by atoms with Crippen LogP contribution in [0.2, 0.25) is 0 Å². The molecule has 7 nitrogen and oxygen atoms in total. The fourth-order valence-electron chi connectivity index (χ4n) is 1.12. The minimum absolute atomic E-state index is 0.436. The average Bonchev–Trinajstić information content (AvgIpc) is 2.74. The molecular formula is C8H10N6OS2. The first kappa shape index (κ1) is 12.0. The third kappa shape index (κ3) is 2.62. The van der Waals surface area contributed by atoms with Crippen LogP contribution in [0.1, 0.15) is 5.82 Å². The Morgan fingerprint density at radius 2 is 2.29 bits per heavy atom. The van der Waals surface area contributed by atoms with Gasteiger partial charge in [-0.15, -0.1) is 0 Å². The summed E-state index contributed by atoms with van der Waals surface area (Å²) in [6.07, 6.45) is 1.41. The van der Waals surface area contributed by atoms with E-state index in [2.05, 4.69) is 24.8 Å². The number of nitrogens with two attached hydrogens (primary N) is 1. The van der Waals surface area contributed by atoms with Crippen LogP contribution in [0.15, 0.2) is 15.7 Å². The quantitative estimate of drug-likeness (QED) is 0.484. The molecule has 0 fully saturated rings. The van der Waals surface area contributed by atoms with Gasteiger partial charge in [0.2, 0.25) is 0 Å². The number of hydrogen-bond donors (Lipinski definition) is 2. The maximum Gasteiger partial charge on any atom is 0.195 e. The molecule has 0 saturated heterocycles. The monoisotopic (exact) mass is 270 g/mol. The van der Waals surface area contributed by atoms with Crippen molar-refractivity contribution in [3.8, 4) is 5.75 Å². The molecule has 0 aliphatic carbocycles. The molecule has 3 N–H and O–H groups in total. The summed E-state index contributed by atoms with van der Waals surface area (Å²) in [6.45, 7) is 1.84. The highest BCUT2D eigenvalue weighted by molar-refractivity contribution is 8.01. The summed E-state index contributed by atoms with van der Waals surface area (Å²) in [5.74, 6) is 7.01. The molecule has 0 atom stereocenters. The highest BCUT2D eigenvalue weighted by Crippen LogP contribution is 2.36. The standard InChI is InChI=1S/C8H10N6OS2/c1-4-12-8(17-14-4)16-7-5(15-2)6(13-9)10-3-11-7/h3H,9H2,1-2H3,(H,10,11,13). The predicted octanol–water partition coefficient (Wildman–Crippen LogP) is 1.08. The minimum atomic E-state index is 0.436. The molecular weight excluding hydrogens is 260 g/mol. The fraction of sp³-hybridized carbons (Fsp3) is 0.250. The largest absolute Gasteiger partial charge is 0.490 e. The van der Waals surface area contributed by atoms with Crippen molar-refractivity contribution in [3.05, 3.63) is 12.2 Å². The summed E-state index contributed by atoms with van der Waals surface area (Å²) < 4.78 is 10.1. The molecule has 2 rings (SSSR count). The normalized spacial score (nSPS) is 10.3. The second kappa shape index (κ2) is 5.25. The third-order valence-corrected chi connectivity index (χ3v) is 3.63. The molecule has 0 bridgehead atoms. The van der Waals surface area contributed by atoms with Gasteiger partial charge in [0.25, 0.3) is 0 Å². The Balaban J connectivity index is 2.32. The van der Waals surface area contributed by atoms with E-state index in [0.29, 0.717) is 16.6 Å². The number of nitrogen functional groups attached to an aromatic ring is 1. The first-order valence-corrected chi connectivity index (χ1v) is 6.17. The van der Waals surface area contributed by atoms with Crippen LogP contribution < -0.4 is 16.0 Å². The number of hydrazine groups is 1. The number of anilines is 1. The van der Waals surface area contributed by atoms with Gasteiger partial charge >= 0.3 is 0 Å². The van der Waals surface area contributed by atoms with Crippen molar-refractivity contribution in [2.75, 3.05) is 12.5 Å². The number of ether oxygens (including phenoxy) is 1. The molecule has 0 amide bonds. The van der Waals surface area contributed by atoms with Gasteiger partial charge in [-0.3, -0.25) is 0 Å². The number of aromatic nitrogens is 4. The third-order valence-electron chi connectivity index (χ3n) is 1.80. The molecule has 0 saturated carbocycles. The zero-order valence-electron chi connectivity index (χ0n) is 9.17. The van der Waals surface area contributed by atoms with Gasteiger partial charge in [0.05, 0.1) is 7.11 Å². The lowest BCUT2D eigenvalue weighted by atomic mass is 10.5. The van der Waals surface area contributed by atoms with Crippen molar-refractivity contribution >= 4 is 29.1 Å². The number of rotatable bonds is 4. The molecule has 0 aromatic carbocycles. The van der Waals surface area contributed by atoms with Gasteiger partial charge in [-0.2, -0.15) is 4.37 Å². The van der Waals surface area contributed by atoms with E-state index in [-0.39, 0.29) is 0 Å². The average molecular weight is 270 g/mol. The summed E-state index contributed by atoms with van der Waals surface area (Å²) in [5.41, 5.74) is 2.46. The van der Waals surface area contributed by atoms with Crippen molar-refractivity contribution in [3.63, 3.8) is 0 Å². The van der Waals surface area contributed by atoms with E-state index in [1.165, 1.54) is 36.7 Å². The molecule has 17 heavy (non-hydrogen) atoms. The number of nitrogens with zero attached hydrogens (tertiary/aromatic N) is 4. The van der Waals surface area contributed by atoms with E-state index in [1.54, 1.807) is 0 Å². The van der Waals surface area contributed by atoms with Crippen molar-refractivity contribution in [2.24, 2.45) is 5.84 Å². The molecule has 0 aliphatic heterocycles. The van der Waals surface area contributed by atoms with Crippen molar-refractivity contribution < 1.29 is 4.74 Å². The van der Waals surface area contributed by atoms with Crippen LogP contribution in [-0.2, 0) is 0 Å². The van der Waals surface area contributed by atoms with Gasteiger partial charge in [-0.05, 0) is 30.2 Å². The molecule has 9 heteroatoms. The van der Waals surface area contributed by atoms with Gasteiger partial charge in [0.1, 0.15) is 12.2 Å². The minimum Gasteiger partial charge on any atom is -0.490 e. The van der Waals surface area contributed by atoms with Gasteiger partial charge in [-0.25, -0.2) is 20.8 Å². The summed E-state index contributed by atoms with van der Waals surface area (Å²) in [7, 11) is 1.54. The van der Waals surface area contributed by atoms with E-state index in [0.717, 1.165) is 10.2 Å². The first-order chi connectivity index (χ1) is 8.24. The maximum atomic E-state index is 5.34. The molecule has 90 valence electrons. The lowest BCUT2D eigenvalue weighted by Gasteiger charge is -2.08. The van der Waals surface area contributed by atoms with Gasteiger partial charge in [-0.1, -0.05) is 0 Å². The topological polar surface area (TPSA) is 98.8 Å². The molecule has 0 aliphatic rings. The molecule has 0 radical (unpaired) electrons. The SMILES string of the molecule is COc1c(NN)ncnc1Sc1nc(C)ns1. The Bertz CT molecular complexity index is 516. The van der Waals surface area contributed by atoms with Crippen LogP contribution in [0, 0.1) is 6.92 Å². The summed E-state index contributed by atoms with van der Waals surface area (Å²) in [6, 6.07) is 0. The number of aryl methyl sites for hydroxylation is 1. The molecule has 0 unspecified atom stereocenters. The van der Waals surface area contributed by atoms with Gasteiger partial charge < -0.3 is 10.2 Å². The summed E-state index contributed by atoms with van der Waals surface area (Å²) in [5, 5.41) is 0.645. The van der Waals surface area contributed by atoms with Crippen molar-refractivity contribution in [2.45, 2.75) is 16.3 Å². The van der Waals surface area contributed by atoms with Crippen molar-refractivity contribution in [1.29, 1.82) is 0 Å². The zero-order chi connectivity index (χ0) is 12.3. The lowest BCUT2D eigenvalue weighted by Crippen LogP contribution is -2.10.